The van der Waals surface area contributed by atoms with Gasteiger partial charge in [-0.05, 0) is 19.3 Å². The van der Waals surface area contributed by atoms with E-state index in [4.69, 9.17) is 0 Å². The molecule has 0 saturated heterocycles. The maximum Gasteiger partial charge on any atom is 1.00 e. The molecule has 0 bridgehead atoms. The van der Waals surface area contributed by atoms with Gasteiger partial charge in [0.1, 0.15) is 0 Å². The molecule has 18 heteroatoms. The molecule has 0 saturated carbocycles. The average molecular weight is 893 g/mol. The van der Waals surface area contributed by atoms with Crippen LogP contribution in [0.3, 0.4) is 0 Å². The van der Waals surface area contributed by atoms with Crippen LogP contribution in [0.4, 0.5) is 0 Å². The summed E-state index contributed by atoms with van der Waals surface area (Å²) in [6.45, 7) is 6.73. The van der Waals surface area contributed by atoms with E-state index in [0.717, 1.165) is 38.5 Å². The van der Waals surface area contributed by atoms with E-state index in [0.29, 0.717) is 19.3 Å². The third kappa shape index (κ3) is 80.6. The van der Waals surface area contributed by atoms with Crippen molar-refractivity contribution in [3.05, 3.63) is 0 Å². The summed E-state index contributed by atoms with van der Waals surface area (Å²) in [7, 11) is -13.5. The molecule has 0 aromatic carbocycles. The molecule has 0 aliphatic rings. The van der Waals surface area contributed by atoms with Crippen molar-refractivity contribution < 1.29 is 140 Å². The number of hydrogen-bond donors (Lipinski definition) is 0. The molecule has 0 aliphatic carbocycles. The summed E-state index contributed by atoms with van der Waals surface area (Å²) in [6, 6.07) is 0. The van der Waals surface area contributed by atoms with Gasteiger partial charge in [0, 0.05) is 0 Å². The largest absolute Gasteiger partial charge is 1.00 e. The molecule has 0 fully saturated rings. The van der Waals surface area contributed by atoms with E-state index in [2.05, 4.69) is 33.3 Å². The minimum absolute atomic E-state index is 0. The molecule has 0 spiro atoms. The fourth-order valence-corrected chi connectivity index (χ4v) is 6.57. The Morgan fingerprint density at radius 1 is 0.268 bits per heavy atom. The first-order valence-electron chi connectivity index (χ1n) is 21.0. The fraction of sp³-hybridized carbons (Fsp3) is 1.00. The first-order chi connectivity index (χ1) is 25.2. The molecule has 0 aromatic heterocycles. The van der Waals surface area contributed by atoms with Crippen molar-refractivity contribution in [2.24, 2.45) is 0 Å². The van der Waals surface area contributed by atoms with Crippen molar-refractivity contribution in [3.63, 3.8) is 0 Å². The molecule has 0 N–H and O–H groups in total. The van der Waals surface area contributed by atoms with Gasteiger partial charge >= 0.3 is 88.7 Å². The van der Waals surface area contributed by atoms with Gasteiger partial charge in [-0.15, -0.1) is 0 Å². The van der Waals surface area contributed by atoms with Gasteiger partial charge in [-0.1, -0.05) is 207 Å². The second-order valence-corrected chi connectivity index (χ2v) is 17.1. The van der Waals surface area contributed by atoms with Crippen LogP contribution in [-0.4, -0.2) is 58.7 Å². The van der Waals surface area contributed by atoms with Crippen LogP contribution in [-0.2, 0) is 43.7 Å². The zero-order chi connectivity index (χ0) is 40.4. The van der Waals surface area contributed by atoms with Crippen LogP contribution in [0.2, 0.25) is 0 Å². The van der Waals surface area contributed by atoms with Gasteiger partial charge in [0.15, 0.2) is 0 Å². The SMILES string of the molecule is CCCCCCCCCCCCCCCCOS(=O)(=O)[O-].CCCCCCCCCCCCOS(=O)(=O)[O-].CCCCCCCCCCOS(=O)(=O)[O-].[Na+].[Na+].[Na+]. The van der Waals surface area contributed by atoms with E-state index in [1.165, 1.54) is 148 Å². The first kappa shape index (κ1) is 70.3. The predicted octanol–water partition coefficient (Wildman–Crippen LogP) is 1.94. The van der Waals surface area contributed by atoms with Gasteiger partial charge in [-0.25, -0.2) is 25.3 Å². The van der Waals surface area contributed by atoms with Crippen molar-refractivity contribution in [3.8, 4) is 0 Å². The third-order valence-electron chi connectivity index (χ3n) is 8.68. The van der Waals surface area contributed by atoms with Crippen molar-refractivity contribution in [2.45, 2.75) is 226 Å². The van der Waals surface area contributed by atoms with Gasteiger partial charge in [0.2, 0.25) is 31.2 Å². The normalized spacial score (nSPS) is 11.2. The Hall–Kier alpha value is 2.61. The Morgan fingerprint density at radius 2 is 0.393 bits per heavy atom. The average Bonchev–Trinajstić information content (AvgIpc) is 3.07. The Kier molecular flexibility index (Phi) is 67.5. The van der Waals surface area contributed by atoms with Crippen LogP contribution in [0.25, 0.3) is 0 Å². The van der Waals surface area contributed by atoms with Crippen LogP contribution < -0.4 is 88.7 Å². The molecule has 0 radical (unpaired) electrons. The van der Waals surface area contributed by atoms with Crippen molar-refractivity contribution in [1.82, 2.24) is 0 Å². The zero-order valence-electron chi connectivity index (χ0n) is 36.9. The smallest absolute Gasteiger partial charge is 0.726 e. The maximum absolute atomic E-state index is 10.2. The standard InChI is InChI=1S/C16H34O4S.C12H26O4S.C10H22O4S.3Na/c1-2-3-4-5-6-7-8-9-10-11-12-13-14-15-16-20-21(17,18)19;1-2-3-4-5-6-7-8-9-10-11-12-16-17(13,14)15;1-2-3-4-5-6-7-8-9-10-14-15(11,12)13;;;/h2-16H2,1H3,(H,17,18,19);2-12H2,1H3,(H,13,14,15);2-10H2,1H3,(H,11,12,13);;;/q;;;3*+1/p-3. The predicted molar refractivity (Wildman–Crippen MR) is 212 cm³/mol. The fourth-order valence-electron chi connectivity index (χ4n) is 5.61. The molecule has 0 unspecified atom stereocenters. The van der Waals surface area contributed by atoms with Crippen molar-refractivity contribution in [1.29, 1.82) is 0 Å². The van der Waals surface area contributed by atoms with Crippen LogP contribution in [0.15, 0.2) is 0 Å². The van der Waals surface area contributed by atoms with E-state index in [-0.39, 0.29) is 108 Å². The van der Waals surface area contributed by atoms with Crippen molar-refractivity contribution >= 4 is 31.2 Å². The van der Waals surface area contributed by atoms with E-state index in [1.807, 2.05) is 0 Å². The van der Waals surface area contributed by atoms with Crippen LogP contribution in [0.5, 0.6) is 0 Å². The molecule has 0 heterocycles. The molecule has 0 aliphatic heterocycles. The van der Waals surface area contributed by atoms with E-state index in [1.54, 1.807) is 0 Å². The van der Waals surface area contributed by atoms with Gasteiger partial charge < -0.3 is 13.7 Å². The number of hydrogen-bond acceptors (Lipinski definition) is 12. The zero-order valence-corrected chi connectivity index (χ0v) is 45.3. The van der Waals surface area contributed by atoms with Crippen molar-refractivity contribution in [2.75, 3.05) is 19.8 Å². The van der Waals surface area contributed by atoms with Crippen LogP contribution >= 0.6 is 0 Å². The third-order valence-corrected chi connectivity index (χ3v) is 10.0. The van der Waals surface area contributed by atoms with E-state index in [9.17, 15) is 38.9 Å². The molecule has 56 heavy (non-hydrogen) atoms. The van der Waals surface area contributed by atoms with Crippen LogP contribution in [0, 0.1) is 0 Å². The summed E-state index contributed by atoms with van der Waals surface area (Å²) in [6.07, 6.45) is 38.0. The second-order valence-electron chi connectivity index (χ2n) is 13.9. The molecule has 0 amide bonds. The van der Waals surface area contributed by atoms with Gasteiger partial charge in [0.25, 0.3) is 0 Å². The van der Waals surface area contributed by atoms with Crippen LogP contribution in [0.1, 0.15) is 226 Å². The topological polar surface area (TPSA) is 199 Å². The minimum atomic E-state index is -4.49. The Bertz CT molecular complexity index is 1050. The summed E-state index contributed by atoms with van der Waals surface area (Å²) >= 11 is 0. The van der Waals surface area contributed by atoms with Gasteiger partial charge in [-0.2, -0.15) is 0 Å². The Labute approximate surface area is 412 Å². The summed E-state index contributed by atoms with van der Waals surface area (Å²) in [5.41, 5.74) is 0. The Morgan fingerprint density at radius 3 is 0.518 bits per heavy atom. The maximum atomic E-state index is 10.2. The first-order valence-corrected chi connectivity index (χ1v) is 25.0. The molecule has 0 rings (SSSR count). The summed E-state index contributed by atoms with van der Waals surface area (Å²) in [5.74, 6) is 0. The quantitative estimate of drug-likeness (QED) is 0.0379. The molecule has 324 valence electrons. The molecular formula is C38H79Na3O12S3. The molecular weight excluding hydrogens is 814 g/mol. The minimum Gasteiger partial charge on any atom is -0.726 e. The summed E-state index contributed by atoms with van der Waals surface area (Å²) < 4.78 is 103. The monoisotopic (exact) mass is 892 g/mol. The summed E-state index contributed by atoms with van der Waals surface area (Å²) in [4.78, 5) is 0. The second kappa shape index (κ2) is 53.7. The molecule has 0 aromatic rings. The van der Waals surface area contributed by atoms with E-state index < -0.39 is 31.2 Å². The Balaban J connectivity index is -0.000000165. The van der Waals surface area contributed by atoms with Gasteiger partial charge in [0.05, 0.1) is 19.8 Å². The number of unbranched alkanes of at least 4 members (excludes halogenated alkanes) is 29. The van der Waals surface area contributed by atoms with E-state index >= 15 is 0 Å². The van der Waals surface area contributed by atoms with Gasteiger partial charge in [-0.3, -0.25) is 12.5 Å². The molecule has 0 atom stereocenters. The number of rotatable bonds is 38. The summed E-state index contributed by atoms with van der Waals surface area (Å²) in [5, 5.41) is 0. The molecule has 12 nitrogen and oxygen atoms in total.